The van der Waals surface area contributed by atoms with E-state index in [9.17, 15) is 9.59 Å². The number of nitrogens with one attached hydrogen (secondary N) is 2. The summed E-state index contributed by atoms with van der Waals surface area (Å²) in [5.41, 5.74) is 2.07. The second-order valence-corrected chi connectivity index (χ2v) is 4.99. The summed E-state index contributed by atoms with van der Waals surface area (Å²) in [6, 6.07) is 18.0. The molecule has 2 aromatic carbocycles. The first-order valence-electron chi connectivity index (χ1n) is 7.36. The SMILES string of the molecule is N#Cc1ccc(NC(=O)COCC(=O)NCc2ccccc2)cc1. The number of nitrogens with zero attached hydrogens (tertiary/aromatic N) is 1. The molecule has 6 heteroatoms. The molecule has 0 fully saturated rings. The first kappa shape index (κ1) is 17.2. The quantitative estimate of drug-likeness (QED) is 0.813. The minimum atomic E-state index is -0.365. The highest BCUT2D eigenvalue weighted by Gasteiger charge is 2.06. The monoisotopic (exact) mass is 323 g/mol. The summed E-state index contributed by atoms with van der Waals surface area (Å²) in [4.78, 5) is 23.3. The van der Waals surface area contributed by atoms with Crippen molar-refractivity contribution in [2.24, 2.45) is 0 Å². The van der Waals surface area contributed by atoms with Crippen LogP contribution in [-0.4, -0.2) is 25.0 Å². The molecule has 24 heavy (non-hydrogen) atoms. The Balaban J connectivity index is 1.64. The van der Waals surface area contributed by atoms with Crippen LogP contribution in [0.25, 0.3) is 0 Å². The van der Waals surface area contributed by atoms with E-state index >= 15 is 0 Å². The number of hydrogen-bond acceptors (Lipinski definition) is 4. The van der Waals surface area contributed by atoms with Gasteiger partial charge in [0.1, 0.15) is 13.2 Å². The van der Waals surface area contributed by atoms with E-state index in [0.717, 1.165) is 5.56 Å². The highest BCUT2D eigenvalue weighted by atomic mass is 16.5. The van der Waals surface area contributed by atoms with Crippen LogP contribution in [0, 0.1) is 11.3 Å². The van der Waals surface area contributed by atoms with Crippen molar-refractivity contribution in [2.45, 2.75) is 6.54 Å². The Labute approximate surface area is 140 Å². The van der Waals surface area contributed by atoms with Gasteiger partial charge in [0.05, 0.1) is 11.6 Å². The Morgan fingerprint density at radius 3 is 2.29 bits per heavy atom. The fourth-order valence-electron chi connectivity index (χ4n) is 1.91. The number of carbonyl (C=O) groups excluding carboxylic acids is 2. The molecule has 2 aromatic rings. The lowest BCUT2D eigenvalue weighted by molar-refractivity contribution is -0.128. The van der Waals surface area contributed by atoms with Crippen LogP contribution in [0.2, 0.25) is 0 Å². The second kappa shape index (κ2) is 9.08. The van der Waals surface area contributed by atoms with Crippen LogP contribution in [0.4, 0.5) is 5.69 Å². The molecule has 0 atom stereocenters. The maximum Gasteiger partial charge on any atom is 0.250 e. The molecule has 2 rings (SSSR count). The molecule has 0 aliphatic heterocycles. The highest BCUT2D eigenvalue weighted by Crippen LogP contribution is 2.08. The van der Waals surface area contributed by atoms with Gasteiger partial charge in [0.15, 0.2) is 0 Å². The summed E-state index contributed by atoms with van der Waals surface area (Å²) >= 11 is 0. The van der Waals surface area contributed by atoms with E-state index in [2.05, 4.69) is 10.6 Å². The molecule has 6 nitrogen and oxygen atoms in total. The van der Waals surface area contributed by atoms with Crippen LogP contribution in [0.5, 0.6) is 0 Å². The third kappa shape index (κ3) is 5.91. The number of ether oxygens (including phenoxy) is 1. The summed E-state index contributed by atoms with van der Waals surface area (Å²) in [6.07, 6.45) is 0. The van der Waals surface area contributed by atoms with Crippen molar-refractivity contribution in [1.82, 2.24) is 5.32 Å². The lowest BCUT2D eigenvalue weighted by Crippen LogP contribution is -2.29. The zero-order valence-corrected chi connectivity index (χ0v) is 13.0. The van der Waals surface area contributed by atoms with E-state index in [4.69, 9.17) is 10.00 Å². The van der Waals surface area contributed by atoms with Gasteiger partial charge < -0.3 is 15.4 Å². The van der Waals surface area contributed by atoms with Crippen molar-refractivity contribution >= 4 is 17.5 Å². The number of nitriles is 1. The first-order chi connectivity index (χ1) is 11.7. The van der Waals surface area contributed by atoms with Crippen molar-refractivity contribution in [3.63, 3.8) is 0 Å². The minimum Gasteiger partial charge on any atom is -0.362 e. The predicted molar refractivity (Wildman–Crippen MR) is 88.9 cm³/mol. The average Bonchev–Trinajstić information content (AvgIpc) is 2.61. The van der Waals surface area contributed by atoms with Gasteiger partial charge in [0.2, 0.25) is 11.8 Å². The minimum absolute atomic E-state index is 0.187. The van der Waals surface area contributed by atoms with E-state index in [0.29, 0.717) is 17.8 Å². The Hall–Kier alpha value is -3.17. The molecule has 0 spiro atoms. The van der Waals surface area contributed by atoms with Crippen LogP contribution in [0.3, 0.4) is 0 Å². The molecule has 0 radical (unpaired) electrons. The van der Waals surface area contributed by atoms with Crippen LogP contribution in [0.1, 0.15) is 11.1 Å². The van der Waals surface area contributed by atoms with Gasteiger partial charge in [-0.05, 0) is 29.8 Å². The molecule has 0 aliphatic carbocycles. The molecule has 2 N–H and O–H groups in total. The lowest BCUT2D eigenvalue weighted by Gasteiger charge is -2.07. The number of benzene rings is 2. The average molecular weight is 323 g/mol. The Morgan fingerprint density at radius 2 is 1.62 bits per heavy atom. The molecule has 0 aliphatic rings. The van der Waals surface area contributed by atoms with Gasteiger partial charge in [0, 0.05) is 12.2 Å². The van der Waals surface area contributed by atoms with E-state index in [1.807, 2.05) is 36.4 Å². The third-order valence-corrected chi connectivity index (χ3v) is 3.10. The zero-order valence-electron chi connectivity index (χ0n) is 13.0. The van der Waals surface area contributed by atoms with E-state index in [1.165, 1.54) is 0 Å². The molecule has 0 aromatic heterocycles. The summed E-state index contributed by atoms with van der Waals surface area (Å²) in [6.45, 7) is 0.00680. The van der Waals surface area contributed by atoms with Crippen molar-refractivity contribution < 1.29 is 14.3 Å². The molecule has 0 bridgehead atoms. The number of rotatable bonds is 7. The van der Waals surface area contributed by atoms with Gasteiger partial charge in [-0.2, -0.15) is 5.26 Å². The van der Waals surface area contributed by atoms with Crippen molar-refractivity contribution in [3.8, 4) is 6.07 Å². The molecule has 0 heterocycles. The number of carbonyl (C=O) groups is 2. The molecule has 122 valence electrons. The largest absolute Gasteiger partial charge is 0.362 e. The van der Waals surface area contributed by atoms with Crippen molar-refractivity contribution in [3.05, 3.63) is 65.7 Å². The van der Waals surface area contributed by atoms with Gasteiger partial charge in [0.25, 0.3) is 0 Å². The van der Waals surface area contributed by atoms with E-state index in [-0.39, 0.29) is 25.0 Å². The first-order valence-corrected chi connectivity index (χ1v) is 7.36. The lowest BCUT2D eigenvalue weighted by atomic mass is 10.2. The van der Waals surface area contributed by atoms with Crippen molar-refractivity contribution in [2.75, 3.05) is 18.5 Å². The Bertz CT molecular complexity index is 721. The van der Waals surface area contributed by atoms with Gasteiger partial charge in [-0.15, -0.1) is 0 Å². The normalized spacial score (nSPS) is 9.79. The summed E-state index contributed by atoms with van der Waals surface area (Å²) in [5.74, 6) is -0.652. The van der Waals surface area contributed by atoms with Gasteiger partial charge in [-0.1, -0.05) is 30.3 Å². The van der Waals surface area contributed by atoms with Gasteiger partial charge in [-0.25, -0.2) is 0 Å². The molecule has 2 amide bonds. The maximum absolute atomic E-state index is 11.7. The maximum atomic E-state index is 11.7. The fourth-order valence-corrected chi connectivity index (χ4v) is 1.91. The fraction of sp³-hybridized carbons (Fsp3) is 0.167. The number of anilines is 1. The Kier molecular flexibility index (Phi) is 6.50. The molecular formula is C18H17N3O3. The standard InChI is InChI=1S/C18H17N3O3/c19-10-14-6-8-16(9-7-14)21-18(23)13-24-12-17(22)20-11-15-4-2-1-3-5-15/h1-9H,11-13H2,(H,20,22)(H,21,23). The molecule has 0 unspecified atom stereocenters. The molecule has 0 saturated carbocycles. The van der Waals surface area contributed by atoms with Crippen molar-refractivity contribution in [1.29, 1.82) is 5.26 Å². The predicted octanol–water partition coefficient (Wildman–Crippen LogP) is 1.83. The summed E-state index contributed by atoms with van der Waals surface area (Å²) in [7, 11) is 0. The van der Waals surface area contributed by atoms with Crippen LogP contribution in [0.15, 0.2) is 54.6 Å². The van der Waals surface area contributed by atoms with Gasteiger partial charge >= 0.3 is 0 Å². The smallest absolute Gasteiger partial charge is 0.250 e. The zero-order chi connectivity index (χ0) is 17.2. The van der Waals surface area contributed by atoms with Gasteiger partial charge in [-0.3, -0.25) is 9.59 Å². The van der Waals surface area contributed by atoms with Crippen LogP contribution >= 0.6 is 0 Å². The van der Waals surface area contributed by atoms with E-state index < -0.39 is 0 Å². The topological polar surface area (TPSA) is 91.2 Å². The molecular weight excluding hydrogens is 306 g/mol. The Morgan fingerprint density at radius 1 is 0.958 bits per heavy atom. The van der Waals surface area contributed by atoms with Crippen LogP contribution < -0.4 is 10.6 Å². The highest BCUT2D eigenvalue weighted by molar-refractivity contribution is 5.91. The summed E-state index contributed by atoms with van der Waals surface area (Å²) < 4.78 is 5.09. The summed E-state index contributed by atoms with van der Waals surface area (Å²) in [5, 5.41) is 14.0. The van der Waals surface area contributed by atoms with E-state index in [1.54, 1.807) is 24.3 Å². The second-order valence-electron chi connectivity index (χ2n) is 4.99. The third-order valence-electron chi connectivity index (χ3n) is 3.10. The number of amides is 2. The number of hydrogen-bond donors (Lipinski definition) is 2. The molecule has 0 saturated heterocycles. The van der Waals surface area contributed by atoms with Crippen LogP contribution in [-0.2, 0) is 20.9 Å².